The maximum atomic E-state index is 12.3. The number of ether oxygens (including phenoxy) is 1. The molecule has 0 unspecified atom stereocenters. The van der Waals surface area contributed by atoms with E-state index in [2.05, 4.69) is 32.0 Å². The largest absolute Gasteiger partial charge is 0.573 e. The number of nitrogens with zero attached hydrogens (tertiary/aromatic N) is 1. The molecule has 2 aromatic carbocycles. The van der Waals surface area contributed by atoms with Gasteiger partial charge in [-0.25, -0.2) is 0 Å². The van der Waals surface area contributed by atoms with Gasteiger partial charge in [0.25, 0.3) is 0 Å². The van der Waals surface area contributed by atoms with Gasteiger partial charge in [-0.1, -0.05) is 57.5 Å². The second-order valence-electron chi connectivity index (χ2n) is 4.11. The Morgan fingerprint density at radius 1 is 1.05 bits per heavy atom. The third-order valence-electron chi connectivity index (χ3n) is 2.52. The summed E-state index contributed by atoms with van der Waals surface area (Å²) in [7, 11) is 0. The second kappa shape index (κ2) is 7.31. The van der Waals surface area contributed by atoms with Gasteiger partial charge in [0.1, 0.15) is 18.6 Å². The van der Waals surface area contributed by atoms with Crippen LogP contribution in [-0.4, -0.2) is 12.6 Å². The average Bonchev–Trinajstić information content (AvgIpc) is 2.45. The third-order valence-corrected chi connectivity index (χ3v) is 3.21. The van der Waals surface area contributed by atoms with Crippen molar-refractivity contribution in [1.82, 2.24) is 0 Å². The van der Waals surface area contributed by atoms with Crippen molar-refractivity contribution in [3.05, 3.63) is 64.1 Å². The van der Waals surface area contributed by atoms with Gasteiger partial charge in [-0.3, -0.25) is 0 Å². The molecule has 0 atom stereocenters. The molecule has 0 fully saturated rings. The van der Waals surface area contributed by atoms with Gasteiger partial charge in [-0.15, -0.1) is 13.2 Å². The first-order valence-electron chi connectivity index (χ1n) is 6.12. The van der Waals surface area contributed by atoms with Crippen molar-refractivity contribution in [1.29, 1.82) is 0 Å². The van der Waals surface area contributed by atoms with Gasteiger partial charge < -0.3 is 9.57 Å². The van der Waals surface area contributed by atoms with Crippen LogP contribution in [0.3, 0.4) is 0 Å². The fourth-order valence-electron chi connectivity index (χ4n) is 1.58. The summed E-state index contributed by atoms with van der Waals surface area (Å²) < 4.78 is 41.5. The topological polar surface area (TPSA) is 30.8 Å². The van der Waals surface area contributed by atoms with Crippen molar-refractivity contribution in [3.63, 3.8) is 0 Å². The van der Waals surface area contributed by atoms with Crippen molar-refractivity contribution >= 4 is 22.1 Å². The van der Waals surface area contributed by atoms with E-state index in [1.165, 1.54) is 18.2 Å². The predicted molar refractivity (Wildman–Crippen MR) is 78.6 cm³/mol. The summed E-state index contributed by atoms with van der Waals surface area (Å²) in [5.41, 5.74) is 0.903. The highest BCUT2D eigenvalue weighted by Gasteiger charge is 2.32. The molecule has 22 heavy (non-hydrogen) atoms. The number of hydrogen-bond acceptors (Lipinski definition) is 3. The number of hydrogen-bond donors (Lipinski definition) is 0. The first kappa shape index (κ1) is 16.4. The van der Waals surface area contributed by atoms with Gasteiger partial charge >= 0.3 is 6.36 Å². The highest BCUT2D eigenvalue weighted by Crippen LogP contribution is 2.26. The first-order valence-corrected chi connectivity index (χ1v) is 6.91. The third kappa shape index (κ3) is 5.07. The van der Waals surface area contributed by atoms with Crippen LogP contribution in [0.2, 0.25) is 0 Å². The zero-order valence-corrected chi connectivity index (χ0v) is 12.7. The summed E-state index contributed by atoms with van der Waals surface area (Å²) in [4.78, 5) is 4.98. The van der Waals surface area contributed by atoms with E-state index in [1.807, 2.05) is 12.1 Å². The zero-order chi connectivity index (χ0) is 16.0. The van der Waals surface area contributed by atoms with E-state index in [0.717, 1.165) is 4.47 Å². The number of halogens is 4. The molecule has 0 saturated heterocycles. The molecule has 0 aliphatic carbocycles. The van der Waals surface area contributed by atoms with Crippen molar-refractivity contribution in [2.45, 2.75) is 13.0 Å². The Morgan fingerprint density at radius 3 is 2.45 bits per heavy atom. The lowest BCUT2D eigenvalue weighted by Crippen LogP contribution is -2.18. The van der Waals surface area contributed by atoms with E-state index < -0.39 is 6.36 Å². The summed E-state index contributed by atoms with van der Waals surface area (Å²) in [6.45, 7) is -0.163. The van der Waals surface area contributed by atoms with E-state index in [-0.39, 0.29) is 17.9 Å². The fraction of sp³-hybridized carbons (Fsp3) is 0.133. The molecule has 0 aromatic heterocycles. The standard InChI is InChI=1S/C15H10BrF3NO2/c16-13-7-3-1-5-11(13)9-20-21-10-12-6-2-4-8-14(12)22-15(17,18)19/h1-8H,10H2. The van der Waals surface area contributed by atoms with Crippen molar-refractivity contribution in [3.8, 4) is 5.75 Å². The van der Waals surface area contributed by atoms with Crippen LogP contribution < -0.4 is 4.74 Å². The Bertz CT molecular complexity index is 659. The summed E-state index contributed by atoms with van der Waals surface area (Å²) in [5, 5.41) is 3.62. The van der Waals surface area contributed by atoms with Crippen LogP contribution >= 0.6 is 15.9 Å². The highest BCUT2D eigenvalue weighted by atomic mass is 79.9. The first-order chi connectivity index (χ1) is 10.5. The Hall–Kier alpha value is -2.02. The lowest BCUT2D eigenvalue weighted by molar-refractivity contribution is -0.275. The quantitative estimate of drug-likeness (QED) is 0.558. The molecule has 115 valence electrons. The van der Waals surface area contributed by atoms with Crippen LogP contribution in [0.15, 0.2) is 58.2 Å². The molecule has 0 amide bonds. The molecule has 0 bridgehead atoms. The molecule has 2 aromatic rings. The van der Waals surface area contributed by atoms with Gasteiger partial charge in [0.15, 0.2) is 0 Å². The second-order valence-corrected chi connectivity index (χ2v) is 4.97. The minimum Gasteiger partial charge on any atom is -0.405 e. The SMILES string of the molecule is FC(F)(F)Oc1ccccc1CON=[C]c1ccccc1Br. The monoisotopic (exact) mass is 372 g/mol. The summed E-state index contributed by atoms with van der Waals surface area (Å²) >= 11 is 3.31. The Kier molecular flexibility index (Phi) is 5.43. The maximum absolute atomic E-state index is 12.3. The minimum absolute atomic E-state index is 0.163. The molecule has 3 nitrogen and oxygen atoms in total. The summed E-state index contributed by atoms with van der Waals surface area (Å²) in [6, 6.07) is 12.9. The van der Waals surface area contributed by atoms with Crippen molar-refractivity contribution in [2.24, 2.45) is 5.16 Å². The highest BCUT2D eigenvalue weighted by molar-refractivity contribution is 9.10. The molecular formula is C15H10BrF3NO2. The van der Waals surface area contributed by atoms with Gasteiger partial charge in [0, 0.05) is 15.6 Å². The van der Waals surface area contributed by atoms with E-state index >= 15 is 0 Å². The molecule has 2 rings (SSSR count). The number of rotatable bonds is 5. The van der Waals surface area contributed by atoms with E-state index in [9.17, 15) is 13.2 Å². The van der Waals surface area contributed by atoms with Crippen LogP contribution in [0, 0.1) is 0 Å². The Balaban J connectivity index is 1.99. The number of benzene rings is 2. The molecule has 0 aliphatic rings. The Labute approximate surface area is 133 Å². The van der Waals surface area contributed by atoms with Crippen LogP contribution in [-0.2, 0) is 11.4 Å². The molecule has 1 radical (unpaired) electrons. The number of para-hydroxylation sites is 1. The lowest BCUT2D eigenvalue weighted by atomic mass is 10.2. The maximum Gasteiger partial charge on any atom is 0.573 e. The van der Waals surface area contributed by atoms with Crippen LogP contribution in [0.4, 0.5) is 13.2 Å². The smallest absolute Gasteiger partial charge is 0.405 e. The molecular weight excluding hydrogens is 363 g/mol. The summed E-state index contributed by atoms with van der Waals surface area (Å²) in [5.74, 6) is -0.314. The number of alkyl halides is 3. The van der Waals surface area contributed by atoms with Gasteiger partial charge in [-0.2, -0.15) is 0 Å². The van der Waals surface area contributed by atoms with Gasteiger partial charge in [-0.05, 0) is 12.1 Å². The van der Waals surface area contributed by atoms with Crippen LogP contribution in [0.25, 0.3) is 0 Å². The lowest BCUT2D eigenvalue weighted by Gasteiger charge is -2.12. The minimum atomic E-state index is -4.75. The van der Waals surface area contributed by atoms with Crippen LogP contribution in [0.1, 0.15) is 11.1 Å². The zero-order valence-electron chi connectivity index (χ0n) is 11.1. The summed E-state index contributed by atoms with van der Waals surface area (Å²) in [6.07, 6.45) is -2.11. The van der Waals surface area contributed by atoms with Gasteiger partial charge in [0.2, 0.25) is 0 Å². The normalized spacial score (nSPS) is 11.6. The van der Waals surface area contributed by atoms with Crippen molar-refractivity contribution in [2.75, 3.05) is 0 Å². The predicted octanol–water partition coefficient (Wildman–Crippen LogP) is 4.78. The molecule has 0 aliphatic heterocycles. The molecule has 0 N–H and O–H groups in total. The molecule has 7 heteroatoms. The van der Waals surface area contributed by atoms with Gasteiger partial charge in [0.05, 0.1) is 0 Å². The van der Waals surface area contributed by atoms with E-state index in [4.69, 9.17) is 4.84 Å². The van der Waals surface area contributed by atoms with E-state index in [1.54, 1.807) is 18.2 Å². The van der Waals surface area contributed by atoms with Crippen molar-refractivity contribution < 1.29 is 22.7 Å². The fourth-order valence-corrected chi connectivity index (χ4v) is 1.96. The molecule has 0 spiro atoms. The molecule has 0 heterocycles. The Morgan fingerprint density at radius 2 is 1.73 bits per heavy atom. The average molecular weight is 373 g/mol. The molecule has 0 saturated carbocycles. The van der Waals surface area contributed by atoms with Crippen LogP contribution in [0.5, 0.6) is 5.75 Å². The van der Waals surface area contributed by atoms with E-state index in [0.29, 0.717) is 5.56 Å².